The molecule has 2 aromatic rings. The van der Waals surface area contributed by atoms with Gasteiger partial charge in [0, 0.05) is 28.3 Å². The highest BCUT2D eigenvalue weighted by molar-refractivity contribution is 9.10. The summed E-state index contributed by atoms with van der Waals surface area (Å²) >= 11 is 3.32. The van der Waals surface area contributed by atoms with E-state index in [-0.39, 0.29) is 11.8 Å². The van der Waals surface area contributed by atoms with Gasteiger partial charge in [0.05, 0.1) is 0 Å². The van der Waals surface area contributed by atoms with Crippen LogP contribution in [0.25, 0.3) is 0 Å². The number of rotatable bonds is 3. The van der Waals surface area contributed by atoms with Gasteiger partial charge >= 0.3 is 0 Å². The minimum Gasteiger partial charge on any atom is -0.355 e. The van der Waals surface area contributed by atoms with E-state index in [1.165, 1.54) is 0 Å². The molecule has 2 aromatic carbocycles. The lowest BCUT2D eigenvalue weighted by atomic mass is 10.1. The van der Waals surface area contributed by atoms with Crippen LogP contribution in [0.15, 0.2) is 53.0 Å². The van der Waals surface area contributed by atoms with Gasteiger partial charge in [0.15, 0.2) is 0 Å². The third-order valence-corrected chi connectivity index (χ3v) is 3.24. The lowest BCUT2D eigenvalue weighted by Crippen LogP contribution is -2.18. The molecule has 0 atom stereocenters. The van der Waals surface area contributed by atoms with Crippen molar-refractivity contribution in [2.75, 3.05) is 12.4 Å². The number of hydrogen-bond acceptors (Lipinski definition) is 2. The quantitative estimate of drug-likeness (QED) is 0.907. The average molecular weight is 333 g/mol. The fourth-order valence-corrected chi connectivity index (χ4v) is 1.95. The first-order valence-electron chi connectivity index (χ1n) is 5.99. The molecule has 2 N–H and O–H groups in total. The Morgan fingerprint density at radius 1 is 0.950 bits per heavy atom. The molecule has 0 aliphatic heterocycles. The molecular formula is C15H13BrN2O2. The number of anilines is 1. The molecule has 0 unspecified atom stereocenters. The second kappa shape index (κ2) is 6.34. The molecule has 0 bridgehead atoms. The van der Waals surface area contributed by atoms with Crippen LogP contribution in [0.1, 0.15) is 20.7 Å². The molecule has 0 radical (unpaired) electrons. The molecule has 102 valence electrons. The maximum atomic E-state index is 12.0. The molecule has 5 heteroatoms. The van der Waals surface area contributed by atoms with Gasteiger partial charge in [-0.3, -0.25) is 9.59 Å². The van der Waals surface area contributed by atoms with Crippen LogP contribution in [0.2, 0.25) is 0 Å². The third-order valence-electron chi connectivity index (χ3n) is 2.72. The van der Waals surface area contributed by atoms with Crippen LogP contribution >= 0.6 is 15.9 Å². The Labute approximate surface area is 125 Å². The molecule has 4 nitrogen and oxygen atoms in total. The first kappa shape index (κ1) is 14.3. The highest BCUT2D eigenvalue weighted by Crippen LogP contribution is 2.14. The summed E-state index contributed by atoms with van der Waals surface area (Å²) in [6, 6.07) is 13.8. The molecular weight excluding hydrogens is 320 g/mol. The third kappa shape index (κ3) is 3.45. The van der Waals surface area contributed by atoms with Gasteiger partial charge in [0.1, 0.15) is 0 Å². The first-order valence-corrected chi connectivity index (χ1v) is 6.78. The normalized spacial score (nSPS) is 9.90. The average Bonchev–Trinajstić information content (AvgIpc) is 2.47. The van der Waals surface area contributed by atoms with Crippen LogP contribution in [0.5, 0.6) is 0 Å². The van der Waals surface area contributed by atoms with Gasteiger partial charge in [-0.25, -0.2) is 0 Å². The van der Waals surface area contributed by atoms with Gasteiger partial charge in [-0.2, -0.15) is 0 Å². The Bertz CT molecular complexity index is 639. The number of benzene rings is 2. The lowest BCUT2D eigenvalue weighted by molar-refractivity contribution is 0.0961. The summed E-state index contributed by atoms with van der Waals surface area (Å²) in [5, 5.41) is 5.31. The number of carbonyl (C=O) groups excluding carboxylic acids is 2. The molecule has 0 saturated heterocycles. The van der Waals surface area contributed by atoms with Gasteiger partial charge in [-0.15, -0.1) is 0 Å². The van der Waals surface area contributed by atoms with Crippen molar-refractivity contribution < 1.29 is 9.59 Å². The van der Waals surface area contributed by atoms with Crippen LogP contribution in [0.4, 0.5) is 5.69 Å². The van der Waals surface area contributed by atoms with E-state index in [9.17, 15) is 9.59 Å². The fourth-order valence-electron chi connectivity index (χ4n) is 1.69. The van der Waals surface area contributed by atoms with Gasteiger partial charge in [0.2, 0.25) is 0 Å². The molecule has 0 aromatic heterocycles. The number of carbonyl (C=O) groups is 2. The Kier molecular flexibility index (Phi) is 4.53. The topological polar surface area (TPSA) is 58.2 Å². The molecule has 0 aliphatic rings. The number of amides is 2. The molecule has 0 spiro atoms. The summed E-state index contributed by atoms with van der Waals surface area (Å²) < 4.78 is 0.913. The Hall–Kier alpha value is -2.14. The van der Waals surface area contributed by atoms with Gasteiger partial charge in [-0.05, 0) is 42.5 Å². The van der Waals surface area contributed by atoms with E-state index in [0.717, 1.165) is 4.47 Å². The summed E-state index contributed by atoms with van der Waals surface area (Å²) in [6.45, 7) is 0. The predicted octanol–water partition coefficient (Wildman–Crippen LogP) is 3.06. The number of hydrogen-bond donors (Lipinski definition) is 2. The van der Waals surface area contributed by atoms with E-state index in [2.05, 4.69) is 26.6 Å². The number of halogens is 1. The van der Waals surface area contributed by atoms with E-state index in [1.54, 1.807) is 55.6 Å². The summed E-state index contributed by atoms with van der Waals surface area (Å²) in [6.07, 6.45) is 0. The highest BCUT2D eigenvalue weighted by Gasteiger charge is 2.08. The van der Waals surface area contributed by atoms with Crippen molar-refractivity contribution >= 4 is 33.4 Å². The molecule has 0 fully saturated rings. The van der Waals surface area contributed by atoms with Crippen molar-refractivity contribution in [3.8, 4) is 0 Å². The smallest absolute Gasteiger partial charge is 0.255 e. The zero-order chi connectivity index (χ0) is 14.5. The van der Waals surface area contributed by atoms with Crippen molar-refractivity contribution in [1.82, 2.24) is 5.32 Å². The Morgan fingerprint density at radius 3 is 2.30 bits per heavy atom. The van der Waals surface area contributed by atoms with E-state index in [1.807, 2.05) is 0 Å². The Balaban J connectivity index is 2.15. The maximum absolute atomic E-state index is 12.0. The summed E-state index contributed by atoms with van der Waals surface area (Å²) in [4.78, 5) is 23.6. The van der Waals surface area contributed by atoms with E-state index in [4.69, 9.17) is 0 Å². The summed E-state index contributed by atoms with van der Waals surface area (Å²) in [5.74, 6) is -0.406. The van der Waals surface area contributed by atoms with Crippen molar-refractivity contribution in [2.45, 2.75) is 0 Å². The van der Waals surface area contributed by atoms with E-state index in [0.29, 0.717) is 16.8 Å². The standard InChI is InChI=1S/C15H13BrN2O2/c1-17-14(19)11-3-2-4-13(9-11)18-15(20)10-5-7-12(16)8-6-10/h2-9H,1H3,(H,17,19)(H,18,20). The van der Waals surface area contributed by atoms with Gasteiger partial charge in [0.25, 0.3) is 11.8 Å². The predicted molar refractivity (Wildman–Crippen MR) is 81.9 cm³/mol. The van der Waals surface area contributed by atoms with E-state index >= 15 is 0 Å². The Morgan fingerprint density at radius 2 is 1.65 bits per heavy atom. The van der Waals surface area contributed by atoms with Crippen molar-refractivity contribution in [3.05, 3.63) is 64.1 Å². The van der Waals surface area contributed by atoms with Crippen LogP contribution in [-0.2, 0) is 0 Å². The van der Waals surface area contributed by atoms with Gasteiger partial charge in [-0.1, -0.05) is 22.0 Å². The van der Waals surface area contributed by atoms with E-state index < -0.39 is 0 Å². The molecule has 2 amide bonds. The SMILES string of the molecule is CNC(=O)c1cccc(NC(=O)c2ccc(Br)cc2)c1. The second-order valence-corrected chi connectivity index (χ2v) is 5.04. The first-order chi connectivity index (χ1) is 9.60. The summed E-state index contributed by atoms with van der Waals surface area (Å²) in [7, 11) is 1.56. The molecule has 0 saturated carbocycles. The van der Waals surface area contributed by atoms with Crippen LogP contribution in [-0.4, -0.2) is 18.9 Å². The van der Waals surface area contributed by atoms with Crippen LogP contribution < -0.4 is 10.6 Å². The molecule has 2 rings (SSSR count). The van der Waals surface area contributed by atoms with Crippen molar-refractivity contribution in [3.63, 3.8) is 0 Å². The lowest BCUT2D eigenvalue weighted by Gasteiger charge is -2.07. The minimum absolute atomic E-state index is 0.190. The van der Waals surface area contributed by atoms with Gasteiger partial charge < -0.3 is 10.6 Å². The second-order valence-electron chi connectivity index (χ2n) is 4.12. The molecule has 20 heavy (non-hydrogen) atoms. The van der Waals surface area contributed by atoms with Crippen LogP contribution in [0.3, 0.4) is 0 Å². The number of nitrogens with one attached hydrogen (secondary N) is 2. The largest absolute Gasteiger partial charge is 0.355 e. The maximum Gasteiger partial charge on any atom is 0.255 e. The minimum atomic E-state index is -0.216. The zero-order valence-electron chi connectivity index (χ0n) is 10.8. The fraction of sp³-hybridized carbons (Fsp3) is 0.0667. The van der Waals surface area contributed by atoms with Crippen LogP contribution in [0, 0.1) is 0 Å². The molecule has 0 heterocycles. The zero-order valence-corrected chi connectivity index (χ0v) is 12.4. The van der Waals surface area contributed by atoms with Crippen molar-refractivity contribution in [2.24, 2.45) is 0 Å². The van der Waals surface area contributed by atoms with Crippen molar-refractivity contribution in [1.29, 1.82) is 0 Å². The summed E-state index contributed by atoms with van der Waals surface area (Å²) in [5.41, 5.74) is 1.64. The monoisotopic (exact) mass is 332 g/mol. The molecule has 0 aliphatic carbocycles. The highest BCUT2D eigenvalue weighted by atomic mass is 79.9.